The summed E-state index contributed by atoms with van der Waals surface area (Å²) in [5.74, 6) is -0.494. The molecule has 0 aliphatic carbocycles. The first-order chi connectivity index (χ1) is 8.52. The topological polar surface area (TPSA) is 55.4 Å². The molecule has 1 aromatic carbocycles. The van der Waals surface area contributed by atoms with Crippen molar-refractivity contribution in [2.24, 2.45) is 0 Å². The third-order valence-electron chi connectivity index (χ3n) is 2.33. The van der Waals surface area contributed by atoms with Crippen LogP contribution in [0.25, 0.3) is 0 Å². The lowest BCUT2D eigenvalue weighted by atomic mass is 10.0. The Morgan fingerprint density at radius 2 is 1.94 bits per heavy atom. The van der Waals surface area contributed by atoms with Gasteiger partial charge in [0.1, 0.15) is 0 Å². The minimum absolute atomic E-state index is 0.134. The van der Waals surface area contributed by atoms with E-state index >= 15 is 0 Å². The fourth-order valence-corrected chi connectivity index (χ4v) is 1.84. The van der Waals surface area contributed by atoms with Gasteiger partial charge in [-0.15, -0.1) is 0 Å². The predicted molar refractivity (Wildman–Crippen MR) is 71.9 cm³/mol. The van der Waals surface area contributed by atoms with Gasteiger partial charge >= 0.3 is 5.97 Å². The third kappa shape index (κ3) is 4.87. The molecular weight excluding hydrogens is 298 g/mol. The van der Waals surface area contributed by atoms with E-state index in [1.165, 1.54) is 6.92 Å². The zero-order valence-electron chi connectivity index (χ0n) is 10.4. The summed E-state index contributed by atoms with van der Waals surface area (Å²) in [6.45, 7) is 3.52. The molecule has 18 heavy (non-hydrogen) atoms. The van der Waals surface area contributed by atoms with Gasteiger partial charge in [0, 0.05) is 11.4 Å². The Morgan fingerprint density at radius 1 is 1.33 bits per heavy atom. The van der Waals surface area contributed by atoms with E-state index in [2.05, 4.69) is 21.2 Å². The number of rotatable bonds is 5. The molecule has 1 rings (SSSR count). The summed E-state index contributed by atoms with van der Waals surface area (Å²) in [7, 11) is 0. The van der Waals surface area contributed by atoms with Gasteiger partial charge in [0.15, 0.2) is 0 Å². The Hall–Kier alpha value is -1.36. The molecule has 98 valence electrons. The maximum atomic E-state index is 11.5. The summed E-state index contributed by atoms with van der Waals surface area (Å²) in [5.41, 5.74) is 0.876. The Morgan fingerprint density at radius 3 is 2.44 bits per heavy atom. The molecule has 0 aliphatic heterocycles. The van der Waals surface area contributed by atoms with Crippen LogP contribution in [-0.2, 0) is 14.3 Å². The molecule has 1 N–H and O–H groups in total. The minimum atomic E-state index is -0.352. The van der Waals surface area contributed by atoms with Gasteiger partial charge in [0.25, 0.3) is 0 Å². The van der Waals surface area contributed by atoms with E-state index in [-0.39, 0.29) is 24.3 Å². The maximum Gasteiger partial charge on any atom is 0.308 e. The standard InChI is InChI=1S/C13H16BrNO3/c1-3-18-13(17)8-12(15-9(2)16)10-4-6-11(14)7-5-10/h4-7,12H,3,8H2,1-2H3,(H,15,16)/t12-/m0/s1. The summed E-state index contributed by atoms with van der Waals surface area (Å²) in [5, 5.41) is 2.75. The molecule has 0 radical (unpaired) electrons. The van der Waals surface area contributed by atoms with Crippen molar-refractivity contribution in [3.63, 3.8) is 0 Å². The minimum Gasteiger partial charge on any atom is -0.466 e. The third-order valence-corrected chi connectivity index (χ3v) is 2.85. The van der Waals surface area contributed by atoms with Gasteiger partial charge in [0.2, 0.25) is 5.91 Å². The molecular formula is C13H16BrNO3. The quantitative estimate of drug-likeness (QED) is 0.850. The van der Waals surface area contributed by atoms with Gasteiger partial charge in [-0.05, 0) is 24.6 Å². The number of amides is 1. The number of carbonyl (C=O) groups is 2. The van der Waals surface area contributed by atoms with E-state index in [4.69, 9.17) is 4.74 Å². The van der Waals surface area contributed by atoms with E-state index in [9.17, 15) is 9.59 Å². The largest absolute Gasteiger partial charge is 0.466 e. The lowest BCUT2D eigenvalue weighted by Gasteiger charge is -2.17. The SMILES string of the molecule is CCOC(=O)C[C@H](NC(C)=O)c1ccc(Br)cc1. The van der Waals surface area contributed by atoms with Crippen LogP contribution < -0.4 is 5.32 Å². The van der Waals surface area contributed by atoms with Crippen molar-refractivity contribution in [1.29, 1.82) is 0 Å². The van der Waals surface area contributed by atoms with Crippen LogP contribution in [0.2, 0.25) is 0 Å². The second kappa shape index (κ2) is 7.16. The number of nitrogens with one attached hydrogen (secondary N) is 1. The Balaban J connectivity index is 2.80. The molecule has 4 nitrogen and oxygen atoms in total. The van der Waals surface area contributed by atoms with Gasteiger partial charge in [0.05, 0.1) is 19.1 Å². The van der Waals surface area contributed by atoms with Crippen LogP contribution in [0.3, 0.4) is 0 Å². The molecule has 0 spiro atoms. The molecule has 0 fully saturated rings. The van der Waals surface area contributed by atoms with E-state index in [0.29, 0.717) is 6.61 Å². The van der Waals surface area contributed by atoms with Crippen molar-refractivity contribution in [2.75, 3.05) is 6.61 Å². The van der Waals surface area contributed by atoms with Crippen LogP contribution in [0.15, 0.2) is 28.7 Å². The van der Waals surface area contributed by atoms with Crippen molar-refractivity contribution in [2.45, 2.75) is 26.3 Å². The molecule has 0 unspecified atom stereocenters. The van der Waals surface area contributed by atoms with Crippen LogP contribution in [0, 0.1) is 0 Å². The van der Waals surface area contributed by atoms with Crippen molar-refractivity contribution >= 4 is 27.8 Å². The van der Waals surface area contributed by atoms with Crippen LogP contribution in [0.1, 0.15) is 31.9 Å². The molecule has 0 heterocycles. The van der Waals surface area contributed by atoms with Gasteiger partial charge in [-0.2, -0.15) is 0 Å². The van der Waals surface area contributed by atoms with Gasteiger partial charge in [-0.3, -0.25) is 9.59 Å². The van der Waals surface area contributed by atoms with Crippen LogP contribution in [-0.4, -0.2) is 18.5 Å². The molecule has 0 bridgehead atoms. The zero-order valence-corrected chi connectivity index (χ0v) is 12.0. The average molecular weight is 314 g/mol. The highest BCUT2D eigenvalue weighted by atomic mass is 79.9. The Bertz CT molecular complexity index is 417. The molecule has 1 aromatic rings. The maximum absolute atomic E-state index is 11.5. The summed E-state index contributed by atoms with van der Waals surface area (Å²) < 4.78 is 5.85. The van der Waals surface area contributed by atoms with Gasteiger partial charge in [-0.25, -0.2) is 0 Å². The van der Waals surface area contributed by atoms with Crippen LogP contribution >= 0.6 is 15.9 Å². The van der Waals surface area contributed by atoms with E-state index < -0.39 is 0 Å². The fraction of sp³-hybridized carbons (Fsp3) is 0.385. The number of carbonyl (C=O) groups excluding carboxylic acids is 2. The second-order valence-electron chi connectivity index (χ2n) is 3.81. The number of hydrogen-bond acceptors (Lipinski definition) is 3. The molecule has 1 atom stereocenters. The first-order valence-electron chi connectivity index (χ1n) is 5.71. The normalized spacial score (nSPS) is 11.7. The number of halogens is 1. The molecule has 0 aliphatic rings. The predicted octanol–water partition coefficient (Wildman–Crippen LogP) is 2.58. The van der Waals surface area contributed by atoms with E-state index in [1.807, 2.05) is 24.3 Å². The van der Waals surface area contributed by atoms with Gasteiger partial charge in [-0.1, -0.05) is 28.1 Å². The summed E-state index contributed by atoms with van der Waals surface area (Å²) in [6, 6.07) is 7.12. The zero-order chi connectivity index (χ0) is 13.5. The van der Waals surface area contributed by atoms with Crippen molar-refractivity contribution in [3.8, 4) is 0 Å². The van der Waals surface area contributed by atoms with Gasteiger partial charge < -0.3 is 10.1 Å². The van der Waals surface area contributed by atoms with E-state index in [1.54, 1.807) is 6.92 Å². The van der Waals surface area contributed by atoms with Crippen LogP contribution in [0.4, 0.5) is 0 Å². The summed E-state index contributed by atoms with van der Waals surface area (Å²) in [6.07, 6.45) is 0.134. The molecule has 0 saturated carbocycles. The fourth-order valence-electron chi connectivity index (χ4n) is 1.58. The summed E-state index contributed by atoms with van der Waals surface area (Å²) in [4.78, 5) is 22.7. The molecule has 0 aromatic heterocycles. The number of esters is 1. The highest BCUT2D eigenvalue weighted by Crippen LogP contribution is 2.20. The first-order valence-corrected chi connectivity index (χ1v) is 6.50. The lowest BCUT2D eigenvalue weighted by molar-refractivity contribution is -0.143. The van der Waals surface area contributed by atoms with E-state index in [0.717, 1.165) is 10.0 Å². The lowest BCUT2D eigenvalue weighted by Crippen LogP contribution is -2.28. The Labute approximate surface area is 115 Å². The highest BCUT2D eigenvalue weighted by molar-refractivity contribution is 9.10. The Kier molecular flexibility index (Phi) is 5.85. The highest BCUT2D eigenvalue weighted by Gasteiger charge is 2.17. The van der Waals surface area contributed by atoms with Crippen molar-refractivity contribution in [1.82, 2.24) is 5.32 Å². The monoisotopic (exact) mass is 313 g/mol. The molecule has 5 heteroatoms. The number of ether oxygens (including phenoxy) is 1. The smallest absolute Gasteiger partial charge is 0.308 e. The number of hydrogen-bond donors (Lipinski definition) is 1. The number of benzene rings is 1. The average Bonchev–Trinajstić information content (AvgIpc) is 2.28. The summed E-state index contributed by atoms with van der Waals surface area (Å²) >= 11 is 3.34. The van der Waals surface area contributed by atoms with Crippen molar-refractivity contribution in [3.05, 3.63) is 34.3 Å². The van der Waals surface area contributed by atoms with Crippen LogP contribution in [0.5, 0.6) is 0 Å². The molecule has 0 saturated heterocycles. The second-order valence-corrected chi connectivity index (χ2v) is 4.73. The molecule has 1 amide bonds. The first kappa shape index (κ1) is 14.7. The van der Waals surface area contributed by atoms with Crippen molar-refractivity contribution < 1.29 is 14.3 Å².